The molecule has 1 aliphatic rings. The van der Waals surface area contributed by atoms with Crippen molar-refractivity contribution in [3.8, 4) is 11.5 Å². The number of hydrogen-bond donors (Lipinski definition) is 1. The molecule has 1 N–H and O–H groups in total. The van der Waals surface area contributed by atoms with Crippen molar-refractivity contribution in [2.24, 2.45) is 0 Å². The number of unbranched alkanes of at least 4 members (excludes halogenated alkanes) is 1. The van der Waals surface area contributed by atoms with Gasteiger partial charge in [0.1, 0.15) is 6.04 Å². The maximum absolute atomic E-state index is 13.8. The van der Waals surface area contributed by atoms with Crippen LogP contribution in [0.4, 0.5) is 0 Å². The fourth-order valence-corrected chi connectivity index (χ4v) is 4.71. The summed E-state index contributed by atoms with van der Waals surface area (Å²) in [7, 11) is 0. The van der Waals surface area contributed by atoms with Crippen LogP contribution in [0.1, 0.15) is 42.9 Å². The van der Waals surface area contributed by atoms with Crippen molar-refractivity contribution in [1.82, 2.24) is 10.2 Å². The number of nitrogens with zero attached hydrogens (tertiary/aromatic N) is 1. The molecular weight excluding hydrogens is 523 g/mol. The fourth-order valence-electron chi connectivity index (χ4n) is 4.39. The monoisotopic (exact) mass is 554 g/mol. The molecular formula is C30H32Cl2N2O4. The highest BCUT2D eigenvalue weighted by atomic mass is 35.5. The van der Waals surface area contributed by atoms with E-state index in [0.29, 0.717) is 40.9 Å². The number of fused-ring (bicyclic) bond motifs is 1. The van der Waals surface area contributed by atoms with E-state index >= 15 is 0 Å². The van der Waals surface area contributed by atoms with E-state index < -0.39 is 6.04 Å². The summed E-state index contributed by atoms with van der Waals surface area (Å²) in [5.74, 6) is 1.09. The molecule has 200 valence electrons. The lowest BCUT2D eigenvalue weighted by Gasteiger charge is -2.32. The van der Waals surface area contributed by atoms with Crippen LogP contribution in [0.15, 0.2) is 66.7 Å². The van der Waals surface area contributed by atoms with Gasteiger partial charge in [-0.1, -0.05) is 79.0 Å². The van der Waals surface area contributed by atoms with Crippen LogP contribution in [0.2, 0.25) is 10.0 Å². The van der Waals surface area contributed by atoms with Gasteiger partial charge >= 0.3 is 0 Å². The maximum atomic E-state index is 13.8. The largest absolute Gasteiger partial charge is 0.454 e. The molecule has 6 nitrogen and oxygen atoms in total. The lowest BCUT2D eigenvalue weighted by atomic mass is 10.0. The summed E-state index contributed by atoms with van der Waals surface area (Å²) < 4.78 is 10.9. The van der Waals surface area contributed by atoms with Gasteiger partial charge in [-0.3, -0.25) is 9.59 Å². The van der Waals surface area contributed by atoms with Crippen molar-refractivity contribution < 1.29 is 19.1 Å². The van der Waals surface area contributed by atoms with E-state index in [9.17, 15) is 9.59 Å². The Bertz CT molecular complexity index is 1250. The summed E-state index contributed by atoms with van der Waals surface area (Å²) in [6.07, 6.45) is 2.97. The van der Waals surface area contributed by atoms with Crippen molar-refractivity contribution >= 4 is 35.0 Å². The smallest absolute Gasteiger partial charge is 0.243 e. The van der Waals surface area contributed by atoms with Crippen molar-refractivity contribution in [1.29, 1.82) is 0 Å². The standard InChI is InChI=1S/C30H32Cl2N2O4/c1-2-3-15-33-30(36)26(17-21-7-5-4-6-8-21)34(19-23-9-12-24(31)25(32)16-23)29(35)14-11-22-10-13-27-28(18-22)38-20-37-27/h4-10,12-13,16,18,26H,2-3,11,14-15,17,19-20H2,1H3,(H,33,36). The molecule has 0 aromatic heterocycles. The van der Waals surface area contributed by atoms with Gasteiger partial charge in [-0.25, -0.2) is 0 Å². The van der Waals surface area contributed by atoms with E-state index in [-0.39, 0.29) is 31.6 Å². The van der Waals surface area contributed by atoms with Crippen molar-refractivity contribution in [2.75, 3.05) is 13.3 Å². The van der Waals surface area contributed by atoms with E-state index in [1.54, 1.807) is 17.0 Å². The minimum Gasteiger partial charge on any atom is -0.454 e. The van der Waals surface area contributed by atoms with E-state index in [0.717, 1.165) is 29.5 Å². The van der Waals surface area contributed by atoms with Crippen LogP contribution in [0, 0.1) is 0 Å². The third kappa shape index (κ3) is 7.42. The molecule has 0 radical (unpaired) electrons. The number of aryl methyl sites for hydroxylation is 1. The second-order valence-electron chi connectivity index (χ2n) is 9.31. The molecule has 0 saturated heterocycles. The summed E-state index contributed by atoms with van der Waals surface area (Å²) in [5, 5.41) is 3.88. The van der Waals surface area contributed by atoms with Gasteiger partial charge in [0.2, 0.25) is 18.6 Å². The Labute approximate surface area is 233 Å². The van der Waals surface area contributed by atoms with Crippen LogP contribution >= 0.6 is 23.2 Å². The Kier molecular flexibility index (Phi) is 9.91. The van der Waals surface area contributed by atoms with E-state index in [1.165, 1.54) is 0 Å². The summed E-state index contributed by atoms with van der Waals surface area (Å²) >= 11 is 12.4. The molecule has 1 aliphatic heterocycles. The molecule has 1 unspecified atom stereocenters. The molecule has 0 bridgehead atoms. The third-order valence-corrected chi connectivity index (χ3v) is 7.24. The van der Waals surface area contributed by atoms with Gasteiger partial charge in [-0.05, 0) is 53.8 Å². The molecule has 2 amide bonds. The molecule has 0 fully saturated rings. The topological polar surface area (TPSA) is 67.9 Å². The number of amides is 2. The first-order valence-corrected chi connectivity index (χ1v) is 13.6. The predicted octanol–water partition coefficient (Wildman–Crippen LogP) is 6.21. The minimum atomic E-state index is -0.687. The van der Waals surface area contributed by atoms with Crippen molar-refractivity contribution in [3.05, 3.63) is 93.5 Å². The second-order valence-corrected chi connectivity index (χ2v) is 10.1. The Balaban J connectivity index is 1.59. The number of carbonyl (C=O) groups excluding carboxylic acids is 2. The van der Waals surface area contributed by atoms with Crippen LogP contribution in [-0.2, 0) is 29.0 Å². The number of halogens is 2. The van der Waals surface area contributed by atoms with E-state index in [4.69, 9.17) is 32.7 Å². The molecule has 8 heteroatoms. The summed E-state index contributed by atoms with van der Waals surface area (Å²) in [4.78, 5) is 29.0. The van der Waals surface area contributed by atoms with Gasteiger partial charge in [0.25, 0.3) is 0 Å². The third-order valence-electron chi connectivity index (χ3n) is 6.50. The highest BCUT2D eigenvalue weighted by molar-refractivity contribution is 6.42. The Morgan fingerprint density at radius 2 is 1.68 bits per heavy atom. The number of rotatable bonds is 12. The highest BCUT2D eigenvalue weighted by Gasteiger charge is 2.30. The molecule has 0 spiro atoms. The minimum absolute atomic E-state index is 0.125. The fraction of sp³-hybridized carbons (Fsp3) is 0.333. The summed E-state index contributed by atoms with van der Waals surface area (Å²) in [6.45, 7) is 3.06. The number of benzene rings is 3. The van der Waals surface area contributed by atoms with Crippen LogP contribution in [-0.4, -0.2) is 36.1 Å². The normalized spacial score (nSPS) is 12.7. The zero-order valence-corrected chi connectivity index (χ0v) is 22.9. The zero-order valence-electron chi connectivity index (χ0n) is 21.4. The first kappa shape index (κ1) is 27.8. The molecule has 1 heterocycles. The van der Waals surface area contributed by atoms with Crippen molar-refractivity contribution in [2.45, 2.75) is 51.6 Å². The maximum Gasteiger partial charge on any atom is 0.243 e. The van der Waals surface area contributed by atoms with Gasteiger partial charge in [-0.2, -0.15) is 0 Å². The first-order valence-electron chi connectivity index (χ1n) is 12.9. The Morgan fingerprint density at radius 1 is 0.921 bits per heavy atom. The molecule has 3 aromatic rings. The number of carbonyl (C=O) groups is 2. The van der Waals surface area contributed by atoms with Crippen LogP contribution in [0.3, 0.4) is 0 Å². The quantitative estimate of drug-likeness (QED) is 0.270. The van der Waals surface area contributed by atoms with Gasteiger partial charge in [-0.15, -0.1) is 0 Å². The Hall–Kier alpha value is -3.22. The molecule has 3 aromatic carbocycles. The zero-order chi connectivity index (χ0) is 26.9. The van der Waals surface area contributed by atoms with E-state index in [2.05, 4.69) is 12.2 Å². The molecule has 1 atom stereocenters. The lowest BCUT2D eigenvalue weighted by Crippen LogP contribution is -2.50. The number of ether oxygens (including phenoxy) is 2. The van der Waals surface area contributed by atoms with Crippen LogP contribution < -0.4 is 14.8 Å². The molecule has 0 saturated carbocycles. The van der Waals surface area contributed by atoms with Gasteiger partial charge in [0, 0.05) is 25.9 Å². The van der Waals surface area contributed by atoms with Crippen molar-refractivity contribution in [3.63, 3.8) is 0 Å². The number of nitrogens with one attached hydrogen (secondary N) is 1. The van der Waals surface area contributed by atoms with Gasteiger partial charge in [0.15, 0.2) is 11.5 Å². The lowest BCUT2D eigenvalue weighted by molar-refractivity contribution is -0.141. The molecule has 4 rings (SSSR count). The summed E-state index contributed by atoms with van der Waals surface area (Å²) in [5.41, 5.74) is 2.74. The predicted molar refractivity (Wildman–Crippen MR) is 150 cm³/mol. The van der Waals surface area contributed by atoms with Gasteiger partial charge in [0.05, 0.1) is 10.0 Å². The van der Waals surface area contributed by atoms with Gasteiger partial charge < -0.3 is 19.7 Å². The van der Waals surface area contributed by atoms with E-state index in [1.807, 2.05) is 54.6 Å². The Morgan fingerprint density at radius 3 is 2.45 bits per heavy atom. The van der Waals surface area contributed by atoms with Crippen LogP contribution in [0.5, 0.6) is 11.5 Å². The molecule has 0 aliphatic carbocycles. The average molecular weight is 556 g/mol. The second kappa shape index (κ2) is 13.5. The average Bonchev–Trinajstić information content (AvgIpc) is 3.40. The summed E-state index contributed by atoms with van der Waals surface area (Å²) in [6, 6.07) is 20.0. The SMILES string of the molecule is CCCCNC(=O)C(Cc1ccccc1)N(Cc1ccc(Cl)c(Cl)c1)C(=O)CCc1ccc2c(c1)OCO2. The highest BCUT2D eigenvalue weighted by Crippen LogP contribution is 2.33. The molecule has 38 heavy (non-hydrogen) atoms. The number of hydrogen-bond acceptors (Lipinski definition) is 4. The van der Waals surface area contributed by atoms with Crippen LogP contribution in [0.25, 0.3) is 0 Å². The first-order chi connectivity index (χ1) is 18.4.